The molecule has 1 aliphatic heterocycles. The smallest absolute Gasteiger partial charge is 0.194 e. The van der Waals surface area contributed by atoms with Gasteiger partial charge in [0.25, 0.3) is 0 Å². The lowest BCUT2D eigenvalue weighted by Gasteiger charge is -2.37. The quantitative estimate of drug-likeness (QED) is 0.392. The number of piperazine rings is 1. The maximum atomic E-state index is 5.25. The minimum absolute atomic E-state index is 0. The molecule has 1 aromatic heterocycles. The Balaban J connectivity index is 0.00000280. The number of guanidine groups is 1. The lowest BCUT2D eigenvalue weighted by Crippen LogP contribution is -2.52. The first-order valence-corrected chi connectivity index (χ1v) is 9.54. The van der Waals surface area contributed by atoms with E-state index in [1.54, 1.807) is 7.11 Å². The monoisotopic (exact) mass is 495 g/mol. The number of pyridine rings is 1. The molecule has 1 N–H and O–H groups in total. The fraction of sp³-hybridized carbons (Fsp3) is 0.429. The Morgan fingerprint density at radius 1 is 1.11 bits per heavy atom. The van der Waals surface area contributed by atoms with Gasteiger partial charge in [0.15, 0.2) is 5.96 Å². The van der Waals surface area contributed by atoms with Gasteiger partial charge in [0, 0.05) is 44.1 Å². The molecule has 1 saturated heterocycles. The summed E-state index contributed by atoms with van der Waals surface area (Å²) in [6.07, 6.45) is 0. The highest BCUT2D eigenvalue weighted by molar-refractivity contribution is 14.0. The summed E-state index contributed by atoms with van der Waals surface area (Å²) in [6.45, 7) is 9.41. The van der Waals surface area contributed by atoms with E-state index in [1.165, 1.54) is 5.69 Å². The van der Waals surface area contributed by atoms with Gasteiger partial charge in [-0.1, -0.05) is 6.07 Å². The van der Waals surface area contributed by atoms with Crippen molar-refractivity contribution in [2.45, 2.75) is 20.4 Å². The number of hydrogen-bond acceptors (Lipinski definition) is 4. The second kappa shape index (κ2) is 11.1. The number of aryl methyl sites for hydroxylation is 1. The van der Waals surface area contributed by atoms with E-state index < -0.39 is 0 Å². The molecule has 0 atom stereocenters. The minimum Gasteiger partial charge on any atom is -0.497 e. The molecule has 7 heteroatoms. The normalized spacial score (nSPS) is 14.5. The minimum atomic E-state index is 0. The molecule has 2 aromatic rings. The molecule has 0 saturated carbocycles. The summed E-state index contributed by atoms with van der Waals surface area (Å²) in [5.41, 5.74) is 3.27. The molecule has 152 valence electrons. The van der Waals surface area contributed by atoms with Crippen LogP contribution in [0, 0.1) is 6.92 Å². The number of methoxy groups -OCH3 is 1. The van der Waals surface area contributed by atoms with Crippen molar-refractivity contribution in [3.63, 3.8) is 0 Å². The number of aliphatic imine (C=N–C) groups is 1. The molecule has 1 aliphatic rings. The Labute approximate surface area is 185 Å². The molecule has 0 bridgehead atoms. The van der Waals surface area contributed by atoms with Gasteiger partial charge in [-0.25, -0.2) is 4.99 Å². The number of nitrogens with zero attached hydrogens (tertiary/aromatic N) is 4. The maximum absolute atomic E-state index is 5.25. The molecule has 6 nitrogen and oxygen atoms in total. The van der Waals surface area contributed by atoms with Crippen molar-refractivity contribution in [2.75, 3.05) is 44.7 Å². The fourth-order valence-corrected chi connectivity index (χ4v) is 3.24. The van der Waals surface area contributed by atoms with Crippen LogP contribution in [0.5, 0.6) is 5.75 Å². The van der Waals surface area contributed by atoms with Gasteiger partial charge < -0.3 is 19.9 Å². The summed E-state index contributed by atoms with van der Waals surface area (Å²) in [7, 11) is 1.70. The zero-order chi connectivity index (χ0) is 19.1. The predicted octanol–water partition coefficient (Wildman–Crippen LogP) is 3.30. The lowest BCUT2D eigenvalue weighted by atomic mass is 10.2. The number of halogens is 1. The Kier molecular flexibility index (Phi) is 8.82. The van der Waals surface area contributed by atoms with Gasteiger partial charge in [0.1, 0.15) is 5.75 Å². The number of aromatic nitrogens is 1. The van der Waals surface area contributed by atoms with Crippen molar-refractivity contribution in [2.24, 2.45) is 4.99 Å². The van der Waals surface area contributed by atoms with Crippen molar-refractivity contribution in [1.82, 2.24) is 15.2 Å². The van der Waals surface area contributed by atoms with Gasteiger partial charge in [0.2, 0.25) is 0 Å². The van der Waals surface area contributed by atoms with Crippen LogP contribution in [0.1, 0.15) is 18.3 Å². The summed E-state index contributed by atoms with van der Waals surface area (Å²) >= 11 is 0. The van der Waals surface area contributed by atoms with Gasteiger partial charge in [-0.05, 0) is 50.2 Å². The summed E-state index contributed by atoms with van der Waals surface area (Å²) in [5.74, 6) is 1.86. The van der Waals surface area contributed by atoms with E-state index >= 15 is 0 Å². The molecular formula is C21H30IN5O. The number of anilines is 1. The van der Waals surface area contributed by atoms with Crippen molar-refractivity contribution in [3.05, 3.63) is 53.9 Å². The molecule has 1 aromatic carbocycles. The summed E-state index contributed by atoms with van der Waals surface area (Å²) in [5, 5.41) is 3.42. The standard InChI is InChI=1S/C21H29N5O.HI/c1-4-22-21(23-16-18-7-5-6-17(2)24-18)26-14-12-25(13-15-26)19-8-10-20(27-3)11-9-19;/h5-11H,4,12-16H2,1-3H3,(H,22,23);1H. The Morgan fingerprint density at radius 3 is 2.43 bits per heavy atom. The van der Waals surface area contributed by atoms with E-state index in [1.807, 2.05) is 37.3 Å². The van der Waals surface area contributed by atoms with E-state index in [-0.39, 0.29) is 24.0 Å². The number of nitrogens with one attached hydrogen (secondary N) is 1. The van der Waals surface area contributed by atoms with Gasteiger partial charge in [-0.3, -0.25) is 4.98 Å². The second-order valence-electron chi connectivity index (χ2n) is 6.61. The average Bonchev–Trinajstić information content (AvgIpc) is 2.71. The number of benzene rings is 1. The molecule has 2 heterocycles. The third kappa shape index (κ3) is 5.98. The van der Waals surface area contributed by atoms with Crippen LogP contribution in [-0.2, 0) is 6.54 Å². The Hall–Kier alpha value is -2.03. The number of hydrogen-bond donors (Lipinski definition) is 1. The van der Waals surface area contributed by atoms with Gasteiger partial charge >= 0.3 is 0 Å². The largest absolute Gasteiger partial charge is 0.497 e. The van der Waals surface area contributed by atoms with Crippen molar-refractivity contribution >= 4 is 35.6 Å². The van der Waals surface area contributed by atoms with E-state index in [0.717, 1.165) is 55.8 Å². The zero-order valence-corrected chi connectivity index (χ0v) is 19.2. The van der Waals surface area contributed by atoms with E-state index in [9.17, 15) is 0 Å². The lowest BCUT2D eigenvalue weighted by molar-refractivity contribution is 0.372. The van der Waals surface area contributed by atoms with Crippen LogP contribution in [-0.4, -0.2) is 55.7 Å². The first-order chi connectivity index (χ1) is 13.2. The molecule has 0 radical (unpaired) electrons. The fourth-order valence-electron chi connectivity index (χ4n) is 3.24. The van der Waals surface area contributed by atoms with Gasteiger partial charge in [0.05, 0.1) is 19.3 Å². The SMILES string of the molecule is CCNC(=NCc1cccc(C)n1)N1CCN(c2ccc(OC)cc2)CC1.I. The van der Waals surface area contributed by atoms with Crippen molar-refractivity contribution in [3.8, 4) is 5.75 Å². The highest BCUT2D eigenvalue weighted by atomic mass is 127. The first kappa shape index (κ1) is 22.3. The van der Waals surface area contributed by atoms with Crippen LogP contribution < -0.4 is 15.0 Å². The molecule has 0 amide bonds. The maximum Gasteiger partial charge on any atom is 0.194 e. The summed E-state index contributed by atoms with van der Waals surface area (Å²) in [6, 6.07) is 14.4. The van der Waals surface area contributed by atoms with Crippen LogP contribution in [0.15, 0.2) is 47.5 Å². The van der Waals surface area contributed by atoms with E-state index in [2.05, 4.69) is 39.2 Å². The molecule has 28 heavy (non-hydrogen) atoms. The third-order valence-electron chi connectivity index (χ3n) is 4.69. The summed E-state index contributed by atoms with van der Waals surface area (Å²) < 4.78 is 5.25. The Morgan fingerprint density at radius 2 is 1.82 bits per heavy atom. The zero-order valence-electron chi connectivity index (χ0n) is 16.9. The van der Waals surface area contributed by atoms with Crippen LogP contribution in [0.4, 0.5) is 5.69 Å². The van der Waals surface area contributed by atoms with E-state index in [0.29, 0.717) is 6.54 Å². The number of rotatable bonds is 5. The second-order valence-corrected chi connectivity index (χ2v) is 6.61. The van der Waals surface area contributed by atoms with Crippen LogP contribution in [0.3, 0.4) is 0 Å². The molecule has 0 aliphatic carbocycles. The highest BCUT2D eigenvalue weighted by Gasteiger charge is 2.19. The van der Waals surface area contributed by atoms with Gasteiger partial charge in [-0.2, -0.15) is 0 Å². The molecule has 0 unspecified atom stereocenters. The number of ether oxygens (including phenoxy) is 1. The molecule has 1 fully saturated rings. The highest BCUT2D eigenvalue weighted by Crippen LogP contribution is 2.20. The third-order valence-corrected chi connectivity index (χ3v) is 4.69. The molecule has 3 rings (SSSR count). The average molecular weight is 495 g/mol. The first-order valence-electron chi connectivity index (χ1n) is 9.54. The van der Waals surface area contributed by atoms with Gasteiger partial charge in [-0.15, -0.1) is 24.0 Å². The van der Waals surface area contributed by atoms with Crippen molar-refractivity contribution in [1.29, 1.82) is 0 Å². The molecule has 0 spiro atoms. The van der Waals surface area contributed by atoms with Crippen LogP contribution >= 0.6 is 24.0 Å². The Bertz CT molecular complexity index is 758. The van der Waals surface area contributed by atoms with Crippen LogP contribution in [0.2, 0.25) is 0 Å². The summed E-state index contributed by atoms with van der Waals surface area (Å²) in [4.78, 5) is 14.1. The predicted molar refractivity (Wildman–Crippen MR) is 126 cm³/mol. The van der Waals surface area contributed by atoms with Crippen LogP contribution in [0.25, 0.3) is 0 Å². The topological polar surface area (TPSA) is 53.0 Å². The van der Waals surface area contributed by atoms with Crippen molar-refractivity contribution < 1.29 is 4.74 Å². The molecular weight excluding hydrogens is 465 g/mol. The van der Waals surface area contributed by atoms with E-state index in [4.69, 9.17) is 9.73 Å².